The van der Waals surface area contributed by atoms with Crippen LogP contribution in [0.3, 0.4) is 0 Å². The van der Waals surface area contributed by atoms with Crippen molar-refractivity contribution in [2.75, 3.05) is 0 Å². The summed E-state index contributed by atoms with van der Waals surface area (Å²) in [6, 6.07) is 11.8. The van der Waals surface area contributed by atoms with Crippen molar-refractivity contribution in [3.63, 3.8) is 0 Å². The van der Waals surface area contributed by atoms with Crippen molar-refractivity contribution >= 4 is 28.8 Å². The largest absolute Gasteiger partial charge is 1.00 e. The van der Waals surface area contributed by atoms with Crippen LogP contribution in [0.5, 0.6) is 0 Å². The van der Waals surface area contributed by atoms with Crippen LogP contribution in [0.15, 0.2) is 59.8 Å². The topological polar surface area (TPSA) is 87.4 Å². The van der Waals surface area contributed by atoms with E-state index in [0.717, 1.165) is 31.1 Å². The lowest BCUT2D eigenvalue weighted by Crippen LogP contribution is -3.00. The third-order valence-corrected chi connectivity index (χ3v) is 5.95. The highest BCUT2D eigenvalue weighted by molar-refractivity contribution is 8.13. The number of aromatic nitrogens is 1. The molecule has 168 valence electrons. The second kappa shape index (κ2) is 14.0. The Hall–Kier alpha value is -2.19. The van der Waals surface area contributed by atoms with Crippen LogP contribution in [0.2, 0.25) is 0 Å². The fraction of sp³-hybridized carbons (Fsp3) is 0.391. The minimum atomic E-state index is -1.06. The highest BCUT2D eigenvalue weighted by atomic mass is 79.9. The number of hydrogen-bond acceptors (Lipinski definition) is 4. The summed E-state index contributed by atoms with van der Waals surface area (Å²) in [4.78, 5) is 37.2. The van der Waals surface area contributed by atoms with E-state index in [1.165, 1.54) is 0 Å². The van der Waals surface area contributed by atoms with Crippen molar-refractivity contribution in [3.8, 4) is 0 Å². The Bertz CT molecular complexity index is 864. The third kappa shape index (κ3) is 8.83. The Morgan fingerprint density at radius 3 is 2.39 bits per heavy atom. The Labute approximate surface area is 198 Å². The molecule has 31 heavy (non-hydrogen) atoms. The molecule has 2 atom stereocenters. The predicted octanol–water partition coefficient (Wildman–Crippen LogP) is 0.696. The molecule has 0 aliphatic carbocycles. The molecule has 1 aromatic heterocycles. The summed E-state index contributed by atoms with van der Waals surface area (Å²) in [5, 5.41) is 12.0. The van der Waals surface area contributed by atoms with Crippen LogP contribution in [0.1, 0.15) is 49.9 Å². The van der Waals surface area contributed by atoms with Crippen LogP contribution in [0, 0.1) is 5.92 Å². The van der Waals surface area contributed by atoms with Gasteiger partial charge in [-0.05, 0) is 24.5 Å². The van der Waals surface area contributed by atoms with Gasteiger partial charge < -0.3 is 27.4 Å². The second-order valence-corrected chi connectivity index (χ2v) is 8.31. The zero-order valence-corrected chi connectivity index (χ0v) is 20.2. The zero-order chi connectivity index (χ0) is 21.9. The number of nitrogens with zero attached hydrogens (tertiary/aromatic N) is 1. The van der Waals surface area contributed by atoms with Gasteiger partial charge in [0.25, 0.3) is 5.91 Å². The fourth-order valence-corrected chi connectivity index (χ4v) is 3.88. The maximum atomic E-state index is 12.7. The number of rotatable bonds is 11. The number of unbranched alkanes of at least 4 members (excludes halogenated alkanes) is 1. The van der Waals surface area contributed by atoms with E-state index < -0.39 is 17.9 Å². The van der Waals surface area contributed by atoms with Crippen LogP contribution < -0.4 is 26.9 Å². The number of carbonyl (C=O) groups excluding carboxylic acids is 2. The molecule has 0 bridgehead atoms. The lowest BCUT2D eigenvalue weighted by Gasteiger charge is -2.20. The number of halogens is 1. The first kappa shape index (κ1) is 26.8. The quantitative estimate of drug-likeness (QED) is 0.265. The van der Waals surface area contributed by atoms with Crippen LogP contribution in [-0.4, -0.2) is 28.1 Å². The maximum Gasteiger partial charge on any atom is 0.326 e. The molecule has 1 heterocycles. The number of carboxylic acid groups (broad SMARTS) is 1. The summed E-state index contributed by atoms with van der Waals surface area (Å²) in [6.45, 7) is 4.52. The minimum absolute atomic E-state index is 0. The highest BCUT2D eigenvalue weighted by Crippen LogP contribution is 2.25. The lowest BCUT2D eigenvalue weighted by atomic mass is 9.99. The molecule has 0 aliphatic heterocycles. The number of carboxylic acids is 1. The molecule has 0 unspecified atom stereocenters. The number of carbonyl (C=O) groups is 3. The van der Waals surface area contributed by atoms with Gasteiger partial charge in [-0.1, -0.05) is 50.2 Å². The normalized spacial score (nSPS) is 12.3. The first-order valence-electron chi connectivity index (χ1n) is 10.2. The van der Waals surface area contributed by atoms with E-state index in [9.17, 15) is 19.5 Å². The zero-order valence-electron chi connectivity index (χ0n) is 17.8. The first-order valence-corrected chi connectivity index (χ1v) is 11.0. The van der Waals surface area contributed by atoms with Crippen LogP contribution in [-0.2, 0) is 16.1 Å². The second-order valence-electron chi connectivity index (χ2n) is 7.22. The maximum absolute atomic E-state index is 12.7. The van der Waals surface area contributed by atoms with E-state index in [1.807, 2.05) is 37.5 Å². The molecule has 0 radical (unpaired) electrons. The molecule has 0 spiro atoms. The van der Waals surface area contributed by atoms with Gasteiger partial charge in [-0.25, -0.2) is 9.36 Å². The third-order valence-electron chi connectivity index (χ3n) is 4.95. The summed E-state index contributed by atoms with van der Waals surface area (Å²) in [5.41, 5.74) is 0.324. The highest BCUT2D eigenvalue weighted by Gasteiger charge is 2.26. The number of benzene rings is 1. The van der Waals surface area contributed by atoms with Crippen molar-refractivity contribution in [2.24, 2.45) is 5.92 Å². The Morgan fingerprint density at radius 1 is 1.06 bits per heavy atom. The van der Waals surface area contributed by atoms with Gasteiger partial charge in [-0.3, -0.25) is 9.59 Å². The molecule has 6 nitrogen and oxygen atoms in total. The van der Waals surface area contributed by atoms with E-state index in [-0.39, 0.29) is 28.0 Å². The SMILES string of the molecule is CC[C@H](C)[C@H](NC(=O)c1ccccc1SC(=O)CCCC[n+]1ccccc1)C(=O)O.[Br-]. The minimum Gasteiger partial charge on any atom is -1.00 e. The molecule has 0 aliphatic rings. The Morgan fingerprint density at radius 2 is 1.74 bits per heavy atom. The van der Waals surface area contributed by atoms with Gasteiger partial charge in [0, 0.05) is 29.9 Å². The van der Waals surface area contributed by atoms with E-state index in [2.05, 4.69) is 9.88 Å². The fourth-order valence-electron chi connectivity index (χ4n) is 2.97. The summed E-state index contributed by atoms with van der Waals surface area (Å²) >= 11 is 1.04. The average molecular weight is 509 g/mol. The average Bonchev–Trinajstić information content (AvgIpc) is 2.75. The van der Waals surface area contributed by atoms with Crippen molar-refractivity contribution in [1.29, 1.82) is 0 Å². The number of aryl methyl sites for hydroxylation is 1. The van der Waals surface area contributed by atoms with E-state index in [4.69, 9.17) is 0 Å². The molecule has 0 saturated carbocycles. The van der Waals surface area contributed by atoms with Gasteiger partial charge in [0.05, 0.1) is 5.56 Å². The van der Waals surface area contributed by atoms with E-state index in [1.54, 1.807) is 31.2 Å². The standard InChI is InChI=1S/C23H28N2O4S.BrH/c1-3-17(2)21(23(28)29)24-22(27)18-11-5-6-12-19(18)30-20(26)13-7-10-16-25-14-8-4-9-15-25;/h4-6,8-9,11-12,14-15,17,21H,3,7,10,13,16H2,1-2H3,(H-,24,27,28,29);1H/t17-,21-;/m0./s1. The van der Waals surface area contributed by atoms with E-state index >= 15 is 0 Å². The summed E-state index contributed by atoms with van der Waals surface area (Å²) in [5.74, 6) is -1.73. The smallest absolute Gasteiger partial charge is 0.326 e. The lowest BCUT2D eigenvalue weighted by molar-refractivity contribution is -0.697. The van der Waals surface area contributed by atoms with Gasteiger partial charge in [0.1, 0.15) is 12.6 Å². The molecular weight excluding hydrogens is 480 g/mol. The van der Waals surface area contributed by atoms with E-state index in [0.29, 0.717) is 23.3 Å². The van der Waals surface area contributed by atoms with Gasteiger partial charge in [0.2, 0.25) is 0 Å². The van der Waals surface area contributed by atoms with Crippen LogP contribution in [0.25, 0.3) is 0 Å². The van der Waals surface area contributed by atoms with Crippen LogP contribution in [0.4, 0.5) is 0 Å². The van der Waals surface area contributed by atoms with Crippen molar-refractivity contribution in [2.45, 2.75) is 57.0 Å². The molecular formula is C23H29BrN2O4S. The van der Waals surface area contributed by atoms with Crippen molar-refractivity contribution in [3.05, 3.63) is 60.4 Å². The molecule has 1 amide bonds. The molecule has 8 heteroatoms. The Kier molecular flexibility index (Phi) is 12.1. The molecule has 0 fully saturated rings. The number of amides is 1. The first-order chi connectivity index (χ1) is 14.4. The van der Waals surface area contributed by atoms with Crippen LogP contribution >= 0.6 is 11.8 Å². The molecule has 0 saturated heterocycles. The summed E-state index contributed by atoms with van der Waals surface area (Å²) in [6.07, 6.45) is 6.69. The number of nitrogens with one attached hydrogen (secondary N) is 1. The molecule has 1 aromatic carbocycles. The number of thioether (sulfide) groups is 1. The summed E-state index contributed by atoms with van der Waals surface area (Å²) < 4.78 is 2.08. The number of pyridine rings is 1. The molecule has 2 N–H and O–H groups in total. The number of aliphatic carboxylic acids is 1. The van der Waals surface area contributed by atoms with Gasteiger partial charge in [-0.2, -0.15) is 0 Å². The van der Waals surface area contributed by atoms with Crippen molar-refractivity contribution in [1.82, 2.24) is 5.32 Å². The monoisotopic (exact) mass is 508 g/mol. The number of hydrogen-bond donors (Lipinski definition) is 2. The van der Waals surface area contributed by atoms with Gasteiger partial charge in [0.15, 0.2) is 17.5 Å². The predicted molar refractivity (Wildman–Crippen MR) is 116 cm³/mol. The molecule has 2 rings (SSSR count). The van der Waals surface area contributed by atoms with Gasteiger partial charge >= 0.3 is 5.97 Å². The summed E-state index contributed by atoms with van der Waals surface area (Å²) in [7, 11) is 0. The van der Waals surface area contributed by atoms with Crippen molar-refractivity contribution < 1.29 is 41.0 Å². The van der Waals surface area contributed by atoms with Gasteiger partial charge in [-0.15, -0.1) is 0 Å². The molecule has 2 aromatic rings. The Balaban J connectivity index is 0.00000480.